The maximum absolute atomic E-state index is 11.8. The number of anilines is 1. The van der Waals surface area contributed by atoms with Crippen LogP contribution in [0, 0.1) is 5.92 Å². The van der Waals surface area contributed by atoms with E-state index in [9.17, 15) is 9.90 Å². The van der Waals surface area contributed by atoms with Gasteiger partial charge in [0.2, 0.25) is 5.71 Å². The molecule has 29 heavy (non-hydrogen) atoms. The Morgan fingerprint density at radius 1 is 1.10 bits per heavy atom. The minimum Gasteiger partial charge on any atom is -0.545 e. The monoisotopic (exact) mass is 388 g/mol. The van der Waals surface area contributed by atoms with Crippen LogP contribution < -0.4 is 14.7 Å². The van der Waals surface area contributed by atoms with E-state index in [2.05, 4.69) is 12.2 Å². The first-order valence-corrected chi connectivity index (χ1v) is 9.60. The van der Waals surface area contributed by atoms with Crippen LogP contribution in [0.15, 0.2) is 66.5 Å². The molecule has 0 radical (unpaired) electrons. The molecule has 2 aromatic carbocycles. The van der Waals surface area contributed by atoms with Gasteiger partial charge in [-0.15, -0.1) is 0 Å². The maximum Gasteiger partial charge on any atom is 0.202 e. The second-order valence-corrected chi connectivity index (χ2v) is 7.82. The Balaban J connectivity index is 1.95. The molecule has 1 aliphatic carbocycles. The number of carbonyl (C=O) groups is 1. The van der Waals surface area contributed by atoms with Gasteiger partial charge in [-0.2, -0.15) is 0 Å². The number of fused-ring (bicyclic) bond motifs is 2. The summed E-state index contributed by atoms with van der Waals surface area (Å²) >= 11 is 0. The van der Waals surface area contributed by atoms with Crippen molar-refractivity contribution in [1.29, 1.82) is 0 Å². The number of carboxylic acids is 1. The summed E-state index contributed by atoms with van der Waals surface area (Å²) in [7, 11) is 7.94. The maximum atomic E-state index is 11.8. The zero-order valence-electron chi connectivity index (χ0n) is 17.0. The van der Waals surface area contributed by atoms with Gasteiger partial charge >= 0.3 is 0 Å². The molecule has 0 aromatic heterocycles. The van der Waals surface area contributed by atoms with Crippen LogP contribution >= 0.6 is 0 Å². The molecule has 148 valence electrons. The first kappa shape index (κ1) is 19.0. The van der Waals surface area contributed by atoms with Crippen LogP contribution in [0.2, 0.25) is 0 Å². The van der Waals surface area contributed by atoms with Gasteiger partial charge in [-0.05, 0) is 11.6 Å². The first-order chi connectivity index (χ1) is 13.9. The van der Waals surface area contributed by atoms with Gasteiger partial charge in [-0.1, -0.05) is 36.4 Å². The average Bonchev–Trinajstić information content (AvgIpc) is 2.70. The van der Waals surface area contributed by atoms with E-state index in [1.165, 1.54) is 0 Å². The second-order valence-electron chi connectivity index (χ2n) is 7.82. The highest BCUT2D eigenvalue weighted by Crippen LogP contribution is 2.48. The second kappa shape index (κ2) is 7.24. The van der Waals surface area contributed by atoms with Crippen molar-refractivity contribution in [3.63, 3.8) is 0 Å². The van der Waals surface area contributed by atoms with Crippen molar-refractivity contribution < 1.29 is 19.2 Å². The molecule has 0 saturated carbocycles. The Morgan fingerprint density at radius 2 is 1.86 bits per heavy atom. The predicted octanol–water partition coefficient (Wildman–Crippen LogP) is 2.42. The number of hydrogen-bond donors (Lipinski definition) is 0. The number of aromatic carboxylic acids is 1. The molecule has 0 bridgehead atoms. The van der Waals surface area contributed by atoms with E-state index in [-0.39, 0.29) is 17.4 Å². The summed E-state index contributed by atoms with van der Waals surface area (Å²) in [4.78, 5) is 13.8. The fraction of sp³-hybridized carbons (Fsp3) is 0.250. The van der Waals surface area contributed by atoms with Gasteiger partial charge in [0, 0.05) is 61.0 Å². The summed E-state index contributed by atoms with van der Waals surface area (Å²) < 4.78 is 8.36. The van der Waals surface area contributed by atoms with E-state index >= 15 is 0 Å². The number of allylic oxidation sites excluding steroid dienone is 3. The quantitative estimate of drug-likeness (QED) is 0.758. The van der Waals surface area contributed by atoms with Crippen LogP contribution in [0.4, 0.5) is 5.69 Å². The highest BCUT2D eigenvalue weighted by molar-refractivity contribution is 6.01. The Hall–Kier alpha value is -3.34. The van der Waals surface area contributed by atoms with Gasteiger partial charge in [0.05, 0.1) is 5.97 Å². The zero-order valence-corrected chi connectivity index (χ0v) is 17.0. The van der Waals surface area contributed by atoms with Crippen LogP contribution in [0.25, 0.3) is 0 Å². The lowest BCUT2D eigenvalue weighted by molar-refractivity contribution is -0.462. The SMILES string of the molecule is CN(C)c1ccc2c(c1)OC1=CC(=[N+](C)C)C=CC1C2c1ccccc1C(=O)[O-]. The van der Waals surface area contributed by atoms with E-state index in [4.69, 9.17) is 4.74 Å². The lowest BCUT2D eigenvalue weighted by Gasteiger charge is -2.36. The van der Waals surface area contributed by atoms with Crippen LogP contribution in [-0.2, 0) is 0 Å². The van der Waals surface area contributed by atoms with Gasteiger partial charge < -0.3 is 19.5 Å². The molecule has 1 aliphatic heterocycles. The molecule has 0 saturated heterocycles. The van der Waals surface area contributed by atoms with E-state index in [0.717, 1.165) is 34.0 Å². The van der Waals surface area contributed by atoms with E-state index in [1.807, 2.05) is 74.1 Å². The normalized spacial score (nSPS) is 19.6. The summed E-state index contributed by atoms with van der Waals surface area (Å²) in [5.41, 5.74) is 4.00. The minimum absolute atomic E-state index is 0.0862. The molecule has 2 unspecified atom stereocenters. The average molecular weight is 388 g/mol. The smallest absolute Gasteiger partial charge is 0.202 e. The molecular weight excluding hydrogens is 364 g/mol. The van der Waals surface area contributed by atoms with Gasteiger partial charge in [-0.3, -0.25) is 0 Å². The standard InChI is InChI=1S/C24H24N2O3/c1-25(2)15-9-11-19-21(13-15)29-22-14-16(26(3)4)10-12-20(22)23(19)17-7-5-6-8-18(17)24(27)28/h5-14,19,23H,1-4H3. The molecular formula is C24H24N2O3. The third kappa shape index (κ3) is 3.33. The van der Waals surface area contributed by atoms with Crippen molar-refractivity contribution in [1.82, 2.24) is 0 Å². The predicted molar refractivity (Wildman–Crippen MR) is 112 cm³/mol. The van der Waals surface area contributed by atoms with Crippen molar-refractivity contribution in [2.45, 2.75) is 5.92 Å². The number of nitrogens with zero attached hydrogens (tertiary/aromatic N) is 2. The molecule has 0 amide bonds. The Bertz CT molecular complexity index is 1080. The van der Waals surface area contributed by atoms with Crippen molar-refractivity contribution in [3.05, 3.63) is 83.1 Å². The van der Waals surface area contributed by atoms with Crippen LogP contribution in [0.5, 0.6) is 5.75 Å². The number of carboxylic acid groups (broad SMARTS) is 1. The third-order valence-electron chi connectivity index (χ3n) is 5.56. The minimum atomic E-state index is -1.16. The summed E-state index contributed by atoms with van der Waals surface area (Å²) in [6, 6.07) is 13.2. The third-order valence-corrected chi connectivity index (χ3v) is 5.56. The summed E-state index contributed by atoms with van der Waals surface area (Å²) in [6.45, 7) is 0. The van der Waals surface area contributed by atoms with Gasteiger partial charge in [0.25, 0.3) is 0 Å². The number of benzene rings is 2. The Labute approximate surface area is 170 Å². The molecule has 4 rings (SSSR count). The van der Waals surface area contributed by atoms with Crippen LogP contribution in [0.3, 0.4) is 0 Å². The van der Waals surface area contributed by atoms with Crippen LogP contribution in [0.1, 0.15) is 27.4 Å². The van der Waals surface area contributed by atoms with Crippen LogP contribution in [-0.4, -0.2) is 44.4 Å². The highest BCUT2D eigenvalue weighted by atomic mass is 16.5. The van der Waals surface area contributed by atoms with Gasteiger partial charge in [-0.25, -0.2) is 4.58 Å². The van der Waals surface area contributed by atoms with Crippen molar-refractivity contribution in [2.75, 3.05) is 33.1 Å². The Kier molecular flexibility index (Phi) is 4.74. The Morgan fingerprint density at radius 3 is 2.55 bits per heavy atom. The fourth-order valence-corrected chi connectivity index (χ4v) is 4.02. The van der Waals surface area contributed by atoms with Gasteiger partial charge in [0.1, 0.15) is 25.6 Å². The molecule has 0 N–H and O–H groups in total. The van der Waals surface area contributed by atoms with Crippen molar-refractivity contribution in [3.8, 4) is 5.75 Å². The summed E-state index contributed by atoms with van der Waals surface area (Å²) in [5, 5.41) is 11.8. The molecule has 0 fully saturated rings. The lowest BCUT2D eigenvalue weighted by atomic mass is 9.74. The molecule has 2 aromatic rings. The largest absolute Gasteiger partial charge is 0.545 e. The van der Waals surface area contributed by atoms with E-state index < -0.39 is 5.97 Å². The molecule has 1 heterocycles. The topological polar surface area (TPSA) is 55.6 Å². The zero-order chi connectivity index (χ0) is 20.7. The molecule has 5 nitrogen and oxygen atoms in total. The highest BCUT2D eigenvalue weighted by Gasteiger charge is 2.38. The number of ether oxygens (including phenoxy) is 1. The molecule has 2 aliphatic rings. The molecule has 0 spiro atoms. The molecule has 2 atom stereocenters. The lowest BCUT2D eigenvalue weighted by Crippen LogP contribution is -2.31. The van der Waals surface area contributed by atoms with Crippen molar-refractivity contribution in [2.24, 2.45) is 5.92 Å². The number of carbonyl (C=O) groups excluding carboxylic acids is 1. The fourth-order valence-electron chi connectivity index (χ4n) is 4.02. The summed E-state index contributed by atoms with van der Waals surface area (Å²) in [5.74, 6) is 0.152. The van der Waals surface area contributed by atoms with Gasteiger partial charge in [0.15, 0.2) is 0 Å². The van der Waals surface area contributed by atoms with E-state index in [1.54, 1.807) is 12.1 Å². The van der Waals surface area contributed by atoms with E-state index in [0.29, 0.717) is 0 Å². The number of hydrogen-bond acceptors (Lipinski definition) is 4. The number of rotatable bonds is 3. The van der Waals surface area contributed by atoms with Crippen molar-refractivity contribution >= 4 is 17.4 Å². The first-order valence-electron chi connectivity index (χ1n) is 9.60. The molecule has 5 heteroatoms. The summed E-state index contributed by atoms with van der Waals surface area (Å²) in [6.07, 6.45) is 6.19.